The van der Waals surface area contributed by atoms with Gasteiger partial charge in [-0.25, -0.2) is 0 Å². The molecule has 3 nitrogen and oxygen atoms in total. The zero-order valence-electron chi connectivity index (χ0n) is 5.00. The molecule has 0 aromatic heterocycles. The van der Waals surface area contributed by atoms with Crippen molar-refractivity contribution in [3.8, 4) is 0 Å². The highest BCUT2D eigenvalue weighted by Gasteiger charge is 2.01. The van der Waals surface area contributed by atoms with Gasteiger partial charge in [-0.15, -0.1) is 0 Å². The fourth-order valence-corrected chi connectivity index (χ4v) is 0.192. The number of amides is 1. The van der Waals surface area contributed by atoms with Crippen LogP contribution in [0.1, 0.15) is 6.92 Å². The second-order valence-electron chi connectivity index (χ2n) is 1.65. The van der Waals surface area contributed by atoms with Crippen LogP contribution in [-0.4, -0.2) is 30.7 Å². The first-order chi connectivity index (χ1) is 3.72. The van der Waals surface area contributed by atoms with Crippen LogP contribution in [0.4, 0.5) is 0 Å². The van der Waals surface area contributed by atoms with Crippen LogP contribution < -0.4 is 0 Å². The van der Waals surface area contributed by atoms with Gasteiger partial charge in [0, 0.05) is 7.05 Å². The SMILES string of the molecule is C[C@@H](C=O)N(C)C=O. The second-order valence-corrected chi connectivity index (χ2v) is 1.65. The number of hydrogen-bond donors (Lipinski definition) is 0. The minimum absolute atomic E-state index is 0.299. The molecule has 0 saturated carbocycles. The first-order valence-corrected chi connectivity index (χ1v) is 2.35. The molecule has 0 aromatic rings. The van der Waals surface area contributed by atoms with E-state index in [0.717, 1.165) is 0 Å². The average Bonchev–Trinajstić information content (AvgIpc) is 1.84. The second kappa shape index (κ2) is 3.18. The van der Waals surface area contributed by atoms with Crippen LogP contribution in [0, 0.1) is 0 Å². The lowest BCUT2D eigenvalue weighted by molar-refractivity contribution is -0.123. The van der Waals surface area contributed by atoms with Crippen molar-refractivity contribution >= 4 is 12.7 Å². The van der Waals surface area contributed by atoms with Gasteiger partial charge in [-0.3, -0.25) is 4.79 Å². The Balaban J connectivity index is 3.60. The van der Waals surface area contributed by atoms with Gasteiger partial charge in [0.25, 0.3) is 0 Å². The van der Waals surface area contributed by atoms with Gasteiger partial charge in [0.1, 0.15) is 6.29 Å². The third-order valence-corrected chi connectivity index (χ3v) is 1.01. The third kappa shape index (κ3) is 1.73. The monoisotopic (exact) mass is 115 g/mol. The zero-order valence-corrected chi connectivity index (χ0v) is 5.00. The summed E-state index contributed by atoms with van der Waals surface area (Å²) in [6.45, 7) is 1.65. The summed E-state index contributed by atoms with van der Waals surface area (Å²) in [7, 11) is 1.56. The molecule has 1 atom stereocenters. The maximum atomic E-state index is 9.90. The zero-order chi connectivity index (χ0) is 6.57. The Hall–Kier alpha value is -0.860. The predicted octanol–water partition coefficient (Wildman–Crippen LogP) is -0.338. The molecule has 3 heteroatoms. The highest BCUT2D eigenvalue weighted by molar-refractivity contribution is 5.62. The maximum absolute atomic E-state index is 9.90. The molecule has 1 amide bonds. The van der Waals surface area contributed by atoms with E-state index in [1.54, 1.807) is 14.0 Å². The average molecular weight is 115 g/mol. The van der Waals surface area contributed by atoms with Crippen LogP contribution in [0.15, 0.2) is 0 Å². The Bertz CT molecular complexity index is 80.4. The van der Waals surface area contributed by atoms with E-state index in [1.807, 2.05) is 0 Å². The molecule has 8 heavy (non-hydrogen) atoms. The van der Waals surface area contributed by atoms with Crippen molar-refractivity contribution < 1.29 is 9.59 Å². The van der Waals surface area contributed by atoms with Gasteiger partial charge in [0.15, 0.2) is 0 Å². The van der Waals surface area contributed by atoms with Crippen LogP contribution in [-0.2, 0) is 9.59 Å². The summed E-state index contributed by atoms with van der Waals surface area (Å²) in [5, 5.41) is 0. The molecular formula is C5H9NO2. The Morgan fingerprint density at radius 1 is 1.50 bits per heavy atom. The lowest BCUT2D eigenvalue weighted by Crippen LogP contribution is -2.28. The van der Waals surface area contributed by atoms with E-state index in [0.29, 0.717) is 12.7 Å². The minimum Gasteiger partial charge on any atom is -0.339 e. The molecule has 0 aliphatic heterocycles. The molecule has 0 aromatic carbocycles. The Morgan fingerprint density at radius 3 is 2.12 bits per heavy atom. The van der Waals surface area contributed by atoms with E-state index in [-0.39, 0.29) is 6.04 Å². The first-order valence-electron chi connectivity index (χ1n) is 2.35. The van der Waals surface area contributed by atoms with Gasteiger partial charge in [-0.1, -0.05) is 0 Å². The summed E-state index contributed by atoms with van der Waals surface area (Å²) in [6.07, 6.45) is 1.34. The predicted molar refractivity (Wildman–Crippen MR) is 29.4 cm³/mol. The first kappa shape index (κ1) is 7.14. The molecule has 0 rings (SSSR count). The number of hydrogen-bond acceptors (Lipinski definition) is 2. The van der Waals surface area contributed by atoms with Crippen molar-refractivity contribution in [2.45, 2.75) is 13.0 Å². The van der Waals surface area contributed by atoms with Crippen molar-refractivity contribution in [1.29, 1.82) is 0 Å². The number of carbonyl (C=O) groups excluding carboxylic acids is 2. The van der Waals surface area contributed by atoms with Crippen LogP contribution in [0.2, 0.25) is 0 Å². The quantitative estimate of drug-likeness (QED) is 0.472. The molecule has 0 radical (unpaired) electrons. The van der Waals surface area contributed by atoms with Gasteiger partial charge in [0.2, 0.25) is 6.41 Å². The van der Waals surface area contributed by atoms with Gasteiger partial charge in [-0.2, -0.15) is 0 Å². The highest BCUT2D eigenvalue weighted by Crippen LogP contribution is 1.83. The molecule has 46 valence electrons. The number of nitrogens with zero attached hydrogens (tertiary/aromatic N) is 1. The summed E-state index contributed by atoms with van der Waals surface area (Å²) in [6, 6.07) is -0.299. The smallest absolute Gasteiger partial charge is 0.210 e. The summed E-state index contributed by atoms with van der Waals surface area (Å²) in [5.41, 5.74) is 0. The van der Waals surface area contributed by atoms with Crippen LogP contribution in [0.25, 0.3) is 0 Å². The molecule has 0 aliphatic carbocycles. The number of carbonyl (C=O) groups is 2. The molecule has 0 saturated heterocycles. The molecular weight excluding hydrogens is 106 g/mol. The van der Waals surface area contributed by atoms with Crippen molar-refractivity contribution in [2.75, 3.05) is 7.05 Å². The van der Waals surface area contributed by atoms with Crippen LogP contribution in [0.3, 0.4) is 0 Å². The summed E-state index contributed by atoms with van der Waals surface area (Å²) in [4.78, 5) is 21.1. The fourth-order valence-electron chi connectivity index (χ4n) is 0.192. The Morgan fingerprint density at radius 2 is 2.00 bits per heavy atom. The van der Waals surface area contributed by atoms with Gasteiger partial charge >= 0.3 is 0 Å². The molecule has 0 fully saturated rings. The lowest BCUT2D eigenvalue weighted by Gasteiger charge is -2.12. The Kier molecular flexibility index (Phi) is 2.84. The van der Waals surface area contributed by atoms with Crippen LogP contribution >= 0.6 is 0 Å². The topological polar surface area (TPSA) is 37.4 Å². The largest absolute Gasteiger partial charge is 0.339 e. The van der Waals surface area contributed by atoms with E-state index >= 15 is 0 Å². The van der Waals surface area contributed by atoms with Crippen molar-refractivity contribution in [3.05, 3.63) is 0 Å². The van der Waals surface area contributed by atoms with Crippen LogP contribution in [0.5, 0.6) is 0 Å². The molecule has 0 N–H and O–H groups in total. The van der Waals surface area contributed by atoms with Gasteiger partial charge < -0.3 is 9.69 Å². The minimum atomic E-state index is -0.299. The number of likely N-dealkylation sites (N-methyl/N-ethyl adjacent to an activating group) is 1. The summed E-state index contributed by atoms with van der Waals surface area (Å²) >= 11 is 0. The normalized spacial score (nSPS) is 12.2. The van der Waals surface area contributed by atoms with E-state index in [4.69, 9.17) is 0 Å². The van der Waals surface area contributed by atoms with Gasteiger partial charge in [0.05, 0.1) is 6.04 Å². The summed E-state index contributed by atoms with van der Waals surface area (Å²) < 4.78 is 0. The van der Waals surface area contributed by atoms with E-state index in [2.05, 4.69) is 0 Å². The standard InChI is InChI=1S/C5H9NO2/c1-5(3-7)6(2)4-8/h3-5H,1-2H3/t5-/m0/s1. The molecule has 0 aliphatic rings. The number of rotatable bonds is 3. The Labute approximate surface area is 48.3 Å². The lowest BCUT2D eigenvalue weighted by atomic mass is 10.4. The van der Waals surface area contributed by atoms with E-state index in [9.17, 15) is 9.59 Å². The molecule has 0 unspecified atom stereocenters. The summed E-state index contributed by atoms with van der Waals surface area (Å²) in [5.74, 6) is 0. The van der Waals surface area contributed by atoms with E-state index < -0.39 is 0 Å². The molecule has 0 bridgehead atoms. The fraction of sp³-hybridized carbons (Fsp3) is 0.600. The third-order valence-electron chi connectivity index (χ3n) is 1.01. The van der Waals surface area contributed by atoms with Crippen molar-refractivity contribution in [2.24, 2.45) is 0 Å². The highest BCUT2D eigenvalue weighted by atomic mass is 16.1. The molecule has 0 heterocycles. The van der Waals surface area contributed by atoms with E-state index in [1.165, 1.54) is 4.90 Å². The maximum Gasteiger partial charge on any atom is 0.210 e. The molecule has 0 spiro atoms. The van der Waals surface area contributed by atoms with Gasteiger partial charge in [-0.05, 0) is 6.92 Å². The van der Waals surface area contributed by atoms with Crippen molar-refractivity contribution in [1.82, 2.24) is 4.90 Å². The number of aldehydes is 1. The van der Waals surface area contributed by atoms with Crippen molar-refractivity contribution in [3.63, 3.8) is 0 Å².